The Hall–Kier alpha value is -1.09. The molecule has 0 atom stereocenters. The molecule has 18 heavy (non-hydrogen) atoms. The van der Waals surface area contributed by atoms with Gasteiger partial charge < -0.3 is 10.2 Å². The zero-order valence-corrected chi connectivity index (χ0v) is 10.2. The quantitative estimate of drug-likeness (QED) is 0.766. The first kappa shape index (κ1) is 15.0. The smallest absolute Gasteiger partial charge is 0.249 e. The summed E-state index contributed by atoms with van der Waals surface area (Å²) >= 11 is 0. The second-order valence-corrected chi connectivity index (χ2v) is 5.28. The van der Waals surface area contributed by atoms with Gasteiger partial charge in [0.15, 0.2) is 4.90 Å². The molecular formula is C10H13F2NO4S. The molecular weight excluding hydrogens is 268 g/mol. The fraction of sp³-hybridized carbons (Fsp3) is 0.400. The normalized spacial score (nSPS) is 12.1. The van der Waals surface area contributed by atoms with Crippen molar-refractivity contribution in [2.45, 2.75) is 4.90 Å². The van der Waals surface area contributed by atoms with Gasteiger partial charge in [0.1, 0.15) is 11.6 Å². The first-order chi connectivity index (χ1) is 8.45. The van der Waals surface area contributed by atoms with E-state index in [4.69, 9.17) is 10.2 Å². The summed E-state index contributed by atoms with van der Waals surface area (Å²) in [4.78, 5) is -1.08. The third kappa shape index (κ3) is 3.02. The Balaban J connectivity index is 3.26. The lowest BCUT2D eigenvalue weighted by atomic mass is 10.3. The summed E-state index contributed by atoms with van der Waals surface area (Å²) in [6.07, 6.45) is 0. The molecule has 0 fully saturated rings. The molecule has 0 radical (unpaired) electrons. The molecule has 1 rings (SSSR count). The predicted molar refractivity (Wildman–Crippen MR) is 59.3 cm³/mol. The van der Waals surface area contributed by atoms with Crippen molar-refractivity contribution in [2.24, 2.45) is 0 Å². The van der Waals surface area contributed by atoms with Crippen LogP contribution in [0.15, 0.2) is 23.1 Å². The van der Waals surface area contributed by atoms with Crippen LogP contribution in [0.3, 0.4) is 0 Å². The molecule has 0 saturated carbocycles. The topological polar surface area (TPSA) is 77.8 Å². The Labute approximate surface area is 103 Å². The van der Waals surface area contributed by atoms with Gasteiger partial charge in [-0.25, -0.2) is 17.2 Å². The lowest BCUT2D eigenvalue weighted by molar-refractivity contribution is 0.217. The van der Waals surface area contributed by atoms with Crippen molar-refractivity contribution < 1.29 is 27.4 Å². The number of sulfonamides is 1. The number of nitrogens with zero attached hydrogens (tertiary/aromatic N) is 1. The molecule has 0 aromatic heterocycles. The Morgan fingerprint density at radius 1 is 1.06 bits per heavy atom. The van der Waals surface area contributed by atoms with Gasteiger partial charge in [-0.1, -0.05) is 6.07 Å². The van der Waals surface area contributed by atoms with Crippen LogP contribution in [-0.2, 0) is 10.0 Å². The van der Waals surface area contributed by atoms with Crippen LogP contribution in [-0.4, -0.2) is 49.2 Å². The van der Waals surface area contributed by atoms with Gasteiger partial charge in [0.25, 0.3) is 0 Å². The molecule has 0 saturated heterocycles. The minimum absolute atomic E-state index is 0.351. The lowest BCUT2D eigenvalue weighted by Gasteiger charge is -2.20. The maximum absolute atomic E-state index is 13.4. The molecule has 0 aliphatic carbocycles. The molecule has 0 amide bonds. The van der Waals surface area contributed by atoms with Gasteiger partial charge in [0.2, 0.25) is 10.0 Å². The van der Waals surface area contributed by atoms with Crippen LogP contribution in [0.5, 0.6) is 0 Å². The van der Waals surface area contributed by atoms with Gasteiger partial charge in [-0.2, -0.15) is 4.31 Å². The van der Waals surface area contributed by atoms with E-state index in [1.165, 1.54) is 0 Å². The van der Waals surface area contributed by atoms with E-state index in [-0.39, 0.29) is 13.1 Å². The number of hydrogen-bond acceptors (Lipinski definition) is 4. The number of benzene rings is 1. The second-order valence-electron chi connectivity index (χ2n) is 3.40. The standard InChI is InChI=1S/C10H13F2NO4S/c11-8-2-1-3-9(12)10(8)18(16,17)13(4-6-14)5-7-15/h1-3,14-15H,4-7H2. The van der Waals surface area contributed by atoms with Gasteiger partial charge in [-0.3, -0.25) is 0 Å². The summed E-state index contributed by atoms with van der Waals surface area (Å²) in [6.45, 7) is -1.74. The third-order valence-corrected chi connectivity index (χ3v) is 4.17. The van der Waals surface area contributed by atoms with E-state index in [0.29, 0.717) is 4.31 Å². The van der Waals surface area contributed by atoms with E-state index in [0.717, 1.165) is 18.2 Å². The molecule has 0 aliphatic heterocycles. The highest BCUT2D eigenvalue weighted by Gasteiger charge is 2.29. The summed E-state index contributed by atoms with van der Waals surface area (Å²) in [6, 6.07) is 2.70. The fourth-order valence-corrected chi connectivity index (χ4v) is 2.96. The van der Waals surface area contributed by atoms with Crippen LogP contribution < -0.4 is 0 Å². The number of aliphatic hydroxyl groups excluding tert-OH is 2. The van der Waals surface area contributed by atoms with Crippen LogP contribution in [0.1, 0.15) is 0 Å². The van der Waals surface area contributed by atoms with Crippen molar-refractivity contribution in [1.29, 1.82) is 0 Å². The molecule has 8 heteroatoms. The highest BCUT2D eigenvalue weighted by Crippen LogP contribution is 2.22. The van der Waals surface area contributed by atoms with E-state index in [1.807, 2.05) is 0 Å². The highest BCUT2D eigenvalue weighted by molar-refractivity contribution is 7.89. The average Bonchev–Trinajstić information content (AvgIpc) is 2.28. The van der Waals surface area contributed by atoms with Crippen molar-refractivity contribution in [1.82, 2.24) is 4.31 Å². The van der Waals surface area contributed by atoms with Crippen molar-refractivity contribution in [3.8, 4) is 0 Å². The summed E-state index contributed by atoms with van der Waals surface area (Å²) in [5.41, 5.74) is 0. The SMILES string of the molecule is O=S(=O)(c1c(F)cccc1F)N(CCO)CCO. The van der Waals surface area contributed by atoms with E-state index < -0.39 is 39.8 Å². The van der Waals surface area contributed by atoms with Crippen molar-refractivity contribution in [3.05, 3.63) is 29.8 Å². The largest absolute Gasteiger partial charge is 0.395 e. The van der Waals surface area contributed by atoms with Crippen LogP contribution in [0.25, 0.3) is 0 Å². The molecule has 2 N–H and O–H groups in total. The maximum Gasteiger partial charge on any atom is 0.249 e. The van der Waals surface area contributed by atoms with E-state index in [2.05, 4.69) is 0 Å². The number of halogens is 2. The highest BCUT2D eigenvalue weighted by atomic mass is 32.2. The Kier molecular flexibility index (Phi) is 5.15. The molecule has 0 aliphatic rings. The summed E-state index contributed by atoms with van der Waals surface area (Å²) in [5, 5.41) is 17.5. The van der Waals surface area contributed by atoms with Crippen LogP contribution in [0.2, 0.25) is 0 Å². The zero-order chi connectivity index (χ0) is 13.8. The Morgan fingerprint density at radius 2 is 1.50 bits per heavy atom. The Bertz CT molecular complexity index is 480. The van der Waals surface area contributed by atoms with Gasteiger partial charge in [0, 0.05) is 13.1 Å². The fourth-order valence-electron chi connectivity index (χ4n) is 1.43. The molecule has 1 aromatic rings. The minimum Gasteiger partial charge on any atom is -0.395 e. The van der Waals surface area contributed by atoms with Crippen LogP contribution in [0, 0.1) is 11.6 Å². The number of hydrogen-bond donors (Lipinski definition) is 2. The molecule has 0 unspecified atom stereocenters. The van der Waals surface area contributed by atoms with Gasteiger partial charge in [-0.15, -0.1) is 0 Å². The molecule has 1 aromatic carbocycles. The maximum atomic E-state index is 13.4. The number of aliphatic hydroxyl groups is 2. The Morgan fingerprint density at radius 3 is 1.89 bits per heavy atom. The summed E-state index contributed by atoms with van der Waals surface area (Å²) < 4.78 is 51.4. The molecule has 102 valence electrons. The van der Waals surface area contributed by atoms with Gasteiger partial charge in [-0.05, 0) is 12.1 Å². The average molecular weight is 281 g/mol. The summed E-state index contributed by atoms with van der Waals surface area (Å²) in [5.74, 6) is -2.42. The first-order valence-corrected chi connectivity index (χ1v) is 6.55. The minimum atomic E-state index is -4.42. The molecule has 0 heterocycles. The van der Waals surface area contributed by atoms with E-state index >= 15 is 0 Å². The van der Waals surface area contributed by atoms with Crippen molar-refractivity contribution in [2.75, 3.05) is 26.3 Å². The van der Waals surface area contributed by atoms with Crippen LogP contribution >= 0.6 is 0 Å². The second kappa shape index (κ2) is 6.19. The number of rotatable bonds is 6. The van der Waals surface area contributed by atoms with E-state index in [9.17, 15) is 17.2 Å². The first-order valence-electron chi connectivity index (χ1n) is 5.11. The monoisotopic (exact) mass is 281 g/mol. The molecule has 0 bridgehead atoms. The third-order valence-electron chi connectivity index (χ3n) is 2.22. The van der Waals surface area contributed by atoms with Crippen molar-refractivity contribution in [3.63, 3.8) is 0 Å². The van der Waals surface area contributed by atoms with Crippen LogP contribution in [0.4, 0.5) is 8.78 Å². The molecule has 5 nitrogen and oxygen atoms in total. The zero-order valence-electron chi connectivity index (χ0n) is 9.38. The van der Waals surface area contributed by atoms with E-state index in [1.54, 1.807) is 0 Å². The summed E-state index contributed by atoms with van der Waals surface area (Å²) in [7, 11) is -4.42. The van der Waals surface area contributed by atoms with Gasteiger partial charge >= 0.3 is 0 Å². The molecule has 0 spiro atoms. The van der Waals surface area contributed by atoms with Gasteiger partial charge in [0.05, 0.1) is 13.2 Å². The lowest BCUT2D eigenvalue weighted by Crippen LogP contribution is -2.36. The van der Waals surface area contributed by atoms with Crippen molar-refractivity contribution >= 4 is 10.0 Å². The predicted octanol–water partition coefficient (Wildman–Crippen LogP) is -0.0599.